The molecule has 8 nitrogen and oxygen atoms in total. The molecule has 2 unspecified atom stereocenters. The van der Waals surface area contributed by atoms with E-state index in [0.29, 0.717) is 5.75 Å². The number of alkyl halides is 1. The highest BCUT2D eigenvalue weighted by atomic mass is 19.1. The average Bonchev–Trinajstić information content (AvgIpc) is 2.83. The number of benzene rings is 1. The van der Waals surface area contributed by atoms with Crippen molar-refractivity contribution in [3.8, 4) is 5.75 Å². The van der Waals surface area contributed by atoms with E-state index >= 15 is 0 Å². The number of ether oxygens (including phenoxy) is 3. The maximum atomic E-state index is 14.9. The van der Waals surface area contributed by atoms with E-state index in [9.17, 15) is 19.1 Å². The highest BCUT2D eigenvalue weighted by Gasteiger charge is 2.55. The van der Waals surface area contributed by atoms with Gasteiger partial charge in [0, 0.05) is 12.3 Å². The molecule has 9 heteroatoms. The maximum absolute atomic E-state index is 14.9. The molecule has 2 aromatic rings. The molecule has 1 aliphatic heterocycles. The number of aromatic nitrogens is 2. The SMILES string of the molecule is CC1(F)[C@@H](O)C(COCOc2ccccc2)O[C@H]1n1ccc(=O)[nH]c1=O. The topological polar surface area (TPSA) is 103 Å². The number of hydrogen-bond acceptors (Lipinski definition) is 6. The normalized spacial score (nSPS) is 28.2. The van der Waals surface area contributed by atoms with Gasteiger partial charge >= 0.3 is 5.69 Å². The van der Waals surface area contributed by atoms with Crippen molar-refractivity contribution in [2.24, 2.45) is 0 Å². The molecule has 0 spiro atoms. The van der Waals surface area contributed by atoms with Crippen molar-refractivity contribution in [2.75, 3.05) is 13.4 Å². The van der Waals surface area contributed by atoms with Crippen LogP contribution in [0.15, 0.2) is 52.2 Å². The van der Waals surface area contributed by atoms with E-state index in [1.54, 1.807) is 24.3 Å². The Morgan fingerprint density at radius 1 is 1.31 bits per heavy atom. The summed E-state index contributed by atoms with van der Waals surface area (Å²) in [4.78, 5) is 25.1. The maximum Gasteiger partial charge on any atom is 0.330 e. The Labute approximate surface area is 147 Å². The molecule has 0 radical (unpaired) electrons. The lowest BCUT2D eigenvalue weighted by Crippen LogP contribution is -2.43. The summed E-state index contributed by atoms with van der Waals surface area (Å²) in [5.74, 6) is 0.605. The van der Waals surface area contributed by atoms with Gasteiger partial charge in [0.2, 0.25) is 0 Å². The molecular formula is C17H19FN2O6. The summed E-state index contributed by atoms with van der Waals surface area (Å²) in [6.45, 7) is 0.880. The van der Waals surface area contributed by atoms with Crippen LogP contribution in [0.4, 0.5) is 4.39 Å². The Bertz CT molecular complexity index is 850. The Hall–Kier alpha value is -2.49. The number of aliphatic hydroxyl groups is 1. The van der Waals surface area contributed by atoms with Gasteiger partial charge in [-0.3, -0.25) is 14.3 Å². The van der Waals surface area contributed by atoms with Gasteiger partial charge in [0.25, 0.3) is 5.56 Å². The molecule has 1 fully saturated rings. The van der Waals surface area contributed by atoms with E-state index in [1.165, 1.54) is 0 Å². The molecule has 1 saturated heterocycles. The first kappa shape index (κ1) is 18.3. The van der Waals surface area contributed by atoms with Gasteiger partial charge in [-0.1, -0.05) is 18.2 Å². The van der Waals surface area contributed by atoms with Gasteiger partial charge in [-0.2, -0.15) is 0 Å². The number of nitrogens with one attached hydrogen (secondary N) is 1. The minimum absolute atomic E-state index is 0.108. The summed E-state index contributed by atoms with van der Waals surface area (Å²) in [5, 5.41) is 10.2. The molecular weight excluding hydrogens is 347 g/mol. The Morgan fingerprint density at radius 2 is 2.04 bits per heavy atom. The lowest BCUT2D eigenvalue weighted by atomic mass is 9.98. The van der Waals surface area contributed by atoms with Crippen molar-refractivity contribution in [3.63, 3.8) is 0 Å². The molecule has 1 aliphatic rings. The predicted octanol–water partition coefficient (Wildman–Crippen LogP) is 0.576. The van der Waals surface area contributed by atoms with Crippen molar-refractivity contribution in [2.45, 2.75) is 31.0 Å². The molecule has 1 aromatic heterocycles. The second-order valence-electron chi connectivity index (χ2n) is 6.09. The highest BCUT2D eigenvalue weighted by molar-refractivity contribution is 5.20. The number of rotatable bonds is 6. The number of nitrogens with zero attached hydrogens (tertiary/aromatic N) is 1. The number of H-pyrrole nitrogens is 1. The molecule has 4 atom stereocenters. The predicted molar refractivity (Wildman–Crippen MR) is 88.6 cm³/mol. The third-order valence-electron chi connectivity index (χ3n) is 4.16. The van der Waals surface area contributed by atoms with Gasteiger partial charge in [0.1, 0.15) is 18.0 Å². The monoisotopic (exact) mass is 366 g/mol. The average molecular weight is 366 g/mol. The molecule has 2 heterocycles. The minimum atomic E-state index is -2.25. The van der Waals surface area contributed by atoms with Gasteiger partial charge in [0.15, 0.2) is 18.7 Å². The lowest BCUT2D eigenvalue weighted by molar-refractivity contribution is -0.0898. The van der Waals surface area contributed by atoms with Crippen LogP contribution in [0, 0.1) is 0 Å². The Morgan fingerprint density at radius 3 is 2.73 bits per heavy atom. The highest BCUT2D eigenvalue weighted by Crippen LogP contribution is 2.40. The van der Waals surface area contributed by atoms with E-state index in [-0.39, 0.29) is 13.4 Å². The molecule has 26 heavy (non-hydrogen) atoms. The van der Waals surface area contributed by atoms with Crippen LogP contribution < -0.4 is 16.0 Å². The second-order valence-corrected chi connectivity index (χ2v) is 6.09. The summed E-state index contributed by atoms with van der Waals surface area (Å²) in [5.41, 5.74) is -3.69. The first-order valence-corrected chi connectivity index (χ1v) is 7.99. The zero-order valence-electron chi connectivity index (χ0n) is 14.0. The fourth-order valence-electron chi connectivity index (χ4n) is 2.75. The van der Waals surface area contributed by atoms with Gasteiger partial charge in [-0.15, -0.1) is 0 Å². The zero-order chi connectivity index (χ0) is 18.7. The molecule has 0 aliphatic carbocycles. The van der Waals surface area contributed by atoms with Crippen molar-refractivity contribution in [1.82, 2.24) is 9.55 Å². The van der Waals surface area contributed by atoms with Crippen LogP contribution in [0.2, 0.25) is 0 Å². The van der Waals surface area contributed by atoms with E-state index in [2.05, 4.69) is 0 Å². The van der Waals surface area contributed by atoms with Crippen molar-refractivity contribution < 1.29 is 23.7 Å². The second kappa shape index (κ2) is 7.40. The van der Waals surface area contributed by atoms with Gasteiger partial charge in [-0.25, -0.2) is 9.18 Å². The first-order valence-electron chi connectivity index (χ1n) is 7.99. The molecule has 0 amide bonds. The molecule has 3 rings (SSSR count). The van der Waals surface area contributed by atoms with E-state index in [0.717, 1.165) is 23.8 Å². The smallest absolute Gasteiger partial charge is 0.330 e. The van der Waals surface area contributed by atoms with Gasteiger partial charge < -0.3 is 19.3 Å². The van der Waals surface area contributed by atoms with Crippen molar-refractivity contribution >= 4 is 0 Å². The number of aromatic amines is 1. The van der Waals surface area contributed by atoms with Gasteiger partial charge in [-0.05, 0) is 19.1 Å². The Balaban J connectivity index is 1.63. The van der Waals surface area contributed by atoms with E-state index < -0.39 is 35.4 Å². The number of para-hydroxylation sites is 1. The van der Waals surface area contributed by atoms with Crippen LogP contribution in [0.3, 0.4) is 0 Å². The zero-order valence-corrected chi connectivity index (χ0v) is 14.0. The van der Waals surface area contributed by atoms with Crippen molar-refractivity contribution in [1.29, 1.82) is 0 Å². The van der Waals surface area contributed by atoms with Crippen LogP contribution in [-0.2, 0) is 9.47 Å². The Kier molecular flexibility index (Phi) is 5.21. The third kappa shape index (κ3) is 3.69. The molecule has 0 bridgehead atoms. The van der Waals surface area contributed by atoms with Gasteiger partial charge in [0.05, 0.1) is 6.61 Å². The molecule has 140 valence electrons. The van der Waals surface area contributed by atoms with E-state index in [1.807, 2.05) is 11.1 Å². The van der Waals surface area contributed by atoms with Crippen LogP contribution in [0.25, 0.3) is 0 Å². The number of halogens is 1. The standard InChI is InChI=1S/C17H19FN2O6/c1-17(18)14(22)12(9-24-10-25-11-5-3-2-4-6-11)26-15(17)20-8-7-13(21)19-16(20)23/h2-8,12,14-15,22H,9-10H2,1H3,(H,19,21,23)/t12?,14-,15+,17?/m0/s1. The lowest BCUT2D eigenvalue weighted by Gasteiger charge is -2.24. The van der Waals surface area contributed by atoms with Crippen LogP contribution in [0.5, 0.6) is 5.75 Å². The van der Waals surface area contributed by atoms with Crippen LogP contribution in [-0.4, -0.2) is 45.9 Å². The van der Waals surface area contributed by atoms with Crippen LogP contribution >= 0.6 is 0 Å². The molecule has 1 aromatic carbocycles. The largest absolute Gasteiger partial charge is 0.468 e. The first-order chi connectivity index (χ1) is 12.4. The molecule has 2 N–H and O–H groups in total. The summed E-state index contributed by atoms with van der Waals surface area (Å²) in [7, 11) is 0. The van der Waals surface area contributed by atoms with Crippen molar-refractivity contribution in [3.05, 3.63) is 63.4 Å². The summed E-state index contributed by atoms with van der Waals surface area (Å²) in [6.07, 6.45) is -2.81. The minimum Gasteiger partial charge on any atom is -0.468 e. The third-order valence-corrected chi connectivity index (χ3v) is 4.16. The van der Waals surface area contributed by atoms with E-state index in [4.69, 9.17) is 14.2 Å². The molecule has 0 saturated carbocycles. The quantitative estimate of drug-likeness (QED) is 0.573. The number of hydrogen-bond donors (Lipinski definition) is 2. The fraction of sp³-hybridized carbons (Fsp3) is 0.412. The summed E-state index contributed by atoms with van der Waals surface area (Å²) >= 11 is 0. The fourth-order valence-corrected chi connectivity index (χ4v) is 2.75. The van der Waals surface area contributed by atoms with Crippen LogP contribution in [0.1, 0.15) is 13.2 Å². The summed E-state index contributed by atoms with van der Waals surface area (Å²) in [6, 6.07) is 10.0. The summed E-state index contributed by atoms with van der Waals surface area (Å²) < 4.78 is 32.0. The number of aliphatic hydroxyl groups excluding tert-OH is 1.